The smallest absolute Gasteiger partial charge is 0.234 e. The summed E-state index contributed by atoms with van der Waals surface area (Å²) in [6, 6.07) is 4.75. The van der Waals surface area contributed by atoms with Gasteiger partial charge in [-0.15, -0.1) is 16.8 Å². The highest BCUT2D eigenvalue weighted by Crippen LogP contribution is 2.33. The van der Waals surface area contributed by atoms with E-state index in [0.29, 0.717) is 17.6 Å². The summed E-state index contributed by atoms with van der Waals surface area (Å²) >= 11 is 1.32. The number of nitrogens with zero attached hydrogens (tertiary/aromatic N) is 3. The van der Waals surface area contributed by atoms with Crippen molar-refractivity contribution in [1.29, 1.82) is 0 Å². The molecule has 0 radical (unpaired) electrons. The van der Waals surface area contributed by atoms with Crippen molar-refractivity contribution in [2.75, 3.05) is 11.1 Å². The van der Waals surface area contributed by atoms with E-state index in [4.69, 9.17) is 0 Å². The Morgan fingerprint density at radius 3 is 2.85 bits per heavy atom. The molecule has 0 unspecified atom stereocenters. The molecule has 0 aliphatic heterocycles. The van der Waals surface area contributed by atoms with Crippen molar-refractivity contribution < 1.29 is 9.18 Å². The summed E-state index contributed by atoms with van der Waals surface area (Å²) in [6.07, 6.45) is 7.81. The third-order valence-electron chi connectivity index (χ3n) is 4.76. The highest BCUT2D eigenvalue weighted by molar-refractivity contribution is 7.99. The van der Waals surface area contributed by atoms with Crippen molar-refractivity contribution >= 4 is 23.4 Å². The molecule has 1 fully saturated rings. The number of thioether (sulfide) groups is 1. The summed E-state index contributed by atoms with van der Waals surface area (Å²) in [7, 11) is 0. The van der Waals surface area contributed by atoms with Gasteiger partial charge in [-0.25, -0.2) is 4.39 Å². The molecule has 144 valence electrons. The molecule has 1 amide bonds. The van der Waals surface area contributed by atoms with Crippen LogP contribution in [0.4, 0.5) is 10.1 Å². The SMILES string of the molecule is C=CCn1c(SCC(=O)Nc2ccc(C)cc2F)nnc1C1CCCCC1. The third kappa shape index (κ3) is 4.97. The second-order valence-electron chi connectivity index (χ2n) is 6.90. The number of rotatable bonds is 7. The molecule has 1 aliphatic carbocycles. The van der Waals surface area contributed by atoms with Crippen molar-refractivity contribution in [2.45, 2.75) is 56.6 Å². The van der Waals surface area contributed by atoms with Crippen LogP contribution < -0.4 is 5.32 Å². The summed E-state index contributed by atoms with van der Waals surface area (Å²) in [4.78, 5) is 12.2. The number of amides is 1. The maximum Gasteiger partial charge on any atom is 0.234 e. The number of halogens is 1. The van der Waals surface area contributed by atoms with E-state index in [-0.39, 0.29) is 17.3 Å². The number of hydrogen-bond donors (Lipinski definition) is 1. The van der Waals surface area contributed by atoms with Crippen molar-refractivity contribution in [2.24, 2.45) is 0 Å². The minimum atomic E-state index is -0.428. The molecule has 5 nitrogen and oxygen atoms in total. The molecule has 0 atom stereocenters. The van der Waals surface area contributed by atoms with Crippen LogP contribution >= 0.6 is 11.8 Å². The lowest BCUT2D eigenvalue weighted by Crippen LogP contribution is -2.16. The van der Waals surface area contributed by atoms with Crippen LogP contribution in [-0.2, 0) is 11.3 Å². The monoisotopic (exact) mass is 388 g/mol. The highest BCUT2D eigenvalue weighted by atomic mass is 32.2. The van der Waals surface area contributed by atoms with Crippen molar-refractivity contribution in [3.63, 3.8) is 0 Å². The first-order chi connectivity index (χ1) is 13.1. The Balaban J connectivity index is 1.65. The number of hydrogen-bond acceptors (Lipinski definition) is 4. The zero-order valence-electron chi connectivity index (χ0n) is 15.6. The van der Waals surface area contributed by atoms with Crippen LogP contribution in [0.15, 0.2) is 36.0 Å². The average molecular weight is 389 g/mol. The lowest BCUT2D eigenvalue weighted by Gasteiger charge is -2.21. The number of anilines is 1. The zero-order chi connectivity index (χ0) is 19.2. The summed E-state index contributed by atoms with van der Waals surface area (Å²) in [5, 5.41) is 12.0. The Labute approximate surface area is 163 Å². The number of nitrogens with one attached hydrogen (secondary N) is 1. The van der Waals surface area contributed by atoms with E-state index in [2.05, 4.69) is 22.1 Å². The van der Waals surface area contributed by atoms with E-state index >= 15 is 0 Å². The molecule has 0 saturated heterocycles. The van der Waals surface area contributed by atoms with Gasteiger partial charge in [0.1, 0.15) is 11.6 Å². The summed E-state index contributed by atoms with van der Waals surface area (Å²) in [6.45, 7) is 6.25. The van der Waals surface area contributed by atoms with Gasteiger partial charge in [0.2, 0.25) is 5.91 Å². The van der Waals surface area contributed by atoms with E-state index in [1.54, 1.807) is 19.1 Å². The lowest BCUT2D eigenvalue weighted by atomic mass is 9.89. The molecule has 1 heterocycles. The van der Waals surface area contributed by atoms with Crippen LogP contribution in [0.1, 0.15) is 49.4 Å². The number of allylic oxidation sites excluding steroid dienone is 1. The van der Waals surface area contributed by atoms with Gasteiger partial charge in [0.15, 0.2) is 5.16 Å². The first kappa shape index (κ1) is 19.6. The number of carbonyl (C=O) groups excluding carboxylic acids is 1. The third-order valence-corrected chi connectivity index (χ3v) is 5.73. The van der Waals surface area contributed by atoms with Crippen molar-refractivity contribution in [3.8, 4) is 0 Å². The fourth-order valence-corrected chi connectivity index (χ4v) is 4.16. The summed E-state index contributed by atoms with van der Waals surface area (Å²) < 4.78 is 15.9. The topological polar surface area (TPSA) is 59.8 Å². The summed E-state index contributed by atoms with van der Waals surface area (Å²) in [5.74, 6) is 0.865. The van der Waals surface area contributed by atoms with Gasteiger partial charge >= 0.3 is 0 Å². The van der Waals surface area contributed by atoms with Gasteiger partial charge in [0.25, 0.3) is 0 Å². The van der Waals surface area contributed by atoms with Crippen LogP contribution in [0, 0.1) is 12.7 Å². The van der Waals surface area contributed by atoms with E-state index < -0.39 is 5.82 Å². The van der Waals surface area contributed by atoms with Gasteiger partial charge in [-0.3, -0.25) is 4.79 Å². The van der Waals surface area contributed by atoms with E-state index in [9.17, 15) is 9.18 Å². The number of aryl methyl sites for hydroxylation is 1. The maximum atomic E-state index is 13.9. The van der Waals surface area contributed by atoms with Crippen LogP contribution in [-0.4, -0.2) is 26.4 Å². The first-order valence-corrected chi connectivity index (χ1v) is 10.3. The fourth-order valence-electron chi connectivity index (χ4n) is 3.41. The van der Waals surface area contributed by atoms with Gasteiger partial charge in [-0.05, 0) is 37.5 Å². The minimum absolute atomic E-state index is 0.146. The predicted molar refractivity (Wildman–Crippen MR) is 107 cm³/mol. The van der Waals surface area contributed by atoms with Gasteiger partial charge in [-0.1, -0.05) is 43.2 Å². The van der Waals surface area contributed by atoms with E-state index in [1.165, 1.54) is 37.1 Å². The number of carbonyl (C=O) groups is 1. The normalized spacial score (nSPS) is 14.9. The molecule has 2 aromatic rings. The Kier molecular flexibility index (Phi) is 6.66. The second-order valence-corrected chi connectivity index (χ2v) is 7.84. The molecule has 1 saturated carbocycles. The van der Waals surface area contributed by atoms with Gasteiger partial charge in [-0.2, -0.15) is 0 Å². The molecule has 1 aromatic heterocycles. The molecule has 0 spiro atoms. The molecular weight excluding hydrogens is 363 g/mol. The lowest BCUT2D eigenvalue weighted by molar-refractivity contribution is -0.113. The molecule has 0 bridgehead atoms. The molecular formula is C20H25FN4OS. The minimum Gasteiger partial charge on any atom is -0.323 e. The van der Waals surface area contributed by atoms with E-state index in [0.717, 1.165) is 24.2 Å². The van der Waals surface area contributed by atoms with Crippen molar-refractivity contribution in [1.82, 2.24) is 14.8 Å². The Hall–Kier alpha value is -2.15. The Morgan fingerprint density at radius 1 is 1.37 bits per heavy atom. The molecule has 1 aliphatic rings. The first-order valence-electron chi connectivity index (χ1n) is 9.31. The fraction of sp³-hybridized carbons (Fsp3) is 0.450. The number of benzene rings is 1. The standard InChI is InChI=1S/C20H25FN4OS/c1-3-11-25-19(15-7-5-4-6-8-15)23-24-20(25)27-13-18(26)22-17-10-9-14(2)12-16(17)21/h3,9-10,12,15H,1,4-8,11,13H2,2H3,(H,22,26). The number of aromatic nitrogens is 3. The van der Waals surface area contributed by atoms with Gasteiger partial charge < -0.3 is 9.88 Å². The largest absolute Gasteiger partial charge is 0.323 e. The Bertz CT molecular complexity index is 814. The molecule has 1 aromatic carbocycles. The predicted octanol–water partition coefficient (Wildman–Crippen LogP) is 4.69. The molecule has 7 heteroatoms. The quantitative estimate of drug-likeness (QED) is 0.552. The Morgan fingerprint density at radius 2 is 2.15 bits per heavy atom. The summed E-state index contributed by atoms with van der Waals surface area (Å²) in [5.41, 5.74) is 1.01. The van der Waals surface area contributed by atoms with Gasteiger partial charge in [0.05, 0.1) is 11.4 Å². The van der Waals surface area contributed by atoms with E-state index in [1.807, 2.05) is 10.6 Å². The zero-order valence-corrected chi connectivity index (χ0v) is 16.4. The van der Waals surface area contributed by atoms with Crippen LogP contribution in [0.5, 0.6) is 0 Å². The molecule has 27 heavy (non-hydrogen) atoms. The average Bonchev–Trinajstić information content (AvgIpc) is 3.06. The van der Waals surface area contributed by atoms with Crippen LogP contribution in [0.25, 0.3) is 0 Å². The molecule has 1 N–H and O–H groups in total. The van der Waals surface area contributed by atoms with Crippen LogP contribution in [0.3, 0.4) is 0 Å². The van der Waals surface area contributed by atoms with Crippen molar-refractivity contribution in [3.05, 3.63) is 48.1 Å². The second kappa shape index (κ2) is 9.17. The molecule has 3 rings (SSSR count). The maximum absolute atomic E-state index is 13.9. The highest BCUT2D eigenvalue weighted by Gasteiger charge is 2.23. The van der Waals surface area contributed by atoms with Crippen LogP contribution in [0.2, 0.25) is 0 Å². The van der Waals surface area contributed by atoms with Gasteiger partial charge in [0, 0.05) is 12.5 Å².